The molecule has 3 aromatic rings. The van der Waals surface area contributed by atoms with Gasteiger partial charge >= 0.3 is 0 Å². The summed E-state index contributed by atoms with van der Waals surface area (Å²) in [5.74, 6) is 2.50. The molecule has 0 aliphatic rings. The Hall–Kier alpha value is -2.69. The van der Waals surface area contributed by atoms with Gasteiger partial charge in [-0.3, -0.25) is 4.98 Å². The summed E-state index contributed by atoms with van der Waals surface area (Å²) >= 11 is 0. The monoisotopic (exact) mass is 379 g/mol. The summed E-state index contributed by atoms with van der Waals surface area (Å²) < 4.78 is 11.8. The lowest BCUT2D eigenvalue weighted by Crippen LogP contribution is -2.00. The minimum absolute atomic E-state index is 0.489. The van der Waals surface area contributed by atoms with Crippen molar-refractivity contribution in [1.29, 1.82) is 0 Å². The van der Waals surface area contributed by atoms with Gasteiger partial charge in [0.15, 0.2) is 0 Å². The Bertz CT molecular complexity index is 937. The SMILES string of the molecule is CCCOc1c(C)cc(-c2nnc(-c3cnc(CC(C)C)c(C)c3)o2)cc1C. The molecule has 1 aromatic carbocycles. The number of ether oxygens (including phenoxy) is 1. The molecule has 2 heterocycles. The molecule has 0 fully saturated rings. The fourth-order valence-electron chi connectivity index (χ4n) is 3.28. The molecule has 0 atom stereocenters. The van der Waals surface area contributed by atoms with Crippen molar-refractivity contribution in [1.82, 2.24) is 15.2 Å². The van der Waals surface area contributed by atoms with Crippen LogP contribution in [0.15, 0.2) is 28.8 Å². The first-order valence-electron chi connectivity index (χ1n) is 9.92. The van der Waals surface area contributed by atoms with Gasteiger partial charge in [0.25, 0.3) is 0 Å². The van der Waals surface area contributed by atoms with Gasteiger partial charge in [-0.15, -0.1) is 10.2 Å². The molecule has 0 saturated carbocycles. The molecule has 0 bridgehead atoms. The molecule has 0 radical (unpaired) electrons. The van der Waals surface area contributed by atoms with Crippen molar-refractivity contribution < 1.29 is 9.15 Å². The number of aromatic nitrogens is 3. The van der Waals surface area contributed by atoms with Crippen LogP contribution in [0.1, 0.15) is 49.6 Å². The van der Waals surface area contributed by atoms with Gasteiger partial charge in [0, 0.05) is 17.5 Å². The van der Waals surface area contributed by atoms with E-state index in [9.17, 15) is 0 Å². The second-order valence-corrected chi connectivity index (χ2v) is 7.79. The van der Waals surface area contributed by atoms with Crippen molar-refractivity contribution in [2.45, 2.75) is 54.4 Å². The van der Waals surface area contributed by atoms with Gasteiger partial charge < -0.3 is 9.15 Å². The lowest BCUT2D eigenvalue weighted by molar-refractivity contribution is 0.313. The first-order chi connectivity index (χ1) is 13.4. The smallest absolute Gasteiger partial charge is 0.249 e. The molecule has 5 heteroatoms. The summed E-state index contributed by atoms with van der Waals surface area (Å²) in [6, 6.07) is 6.13. The number of rotatable bonds is 7. The second-order valence-electron chi connectivity index (χ2n) is 7.79. The zero-order valence-corrected chi connectivity index (χ0v) is 17.7. The van der Waals surface area contributed by atoms with E-state index in [4.69, 9.17) is 9.15 Å². The predicted octanol–water partition coefficient (Wildman–Crippen LogP) is 5.71. The Morgan fingerprint density at radius 2 is 1.54 bits per heavy atom. The van der Waals surface area contributed by atoms with Crippen molar-refractivity contribution in [3.8, 4) is 28.7 Å². The van der Waals surface area contributed by atoms with Gasteiger partial charge in [-0.25, -0.2) is 0 Å². The third-order valence-corrected chi connectivity index (χ3v) is 4.62. The molecule has 0 aliphatic heterocycles. The van der Waals surface area contributed by atoms with E-state index in [0.29, 0.717) is 24.3 Å². The molecule has 148 valence electrons. The van der Waals surface area contributed by atoms with Gasteiger partial charge in [-0.1, -0.05) is 20.8 Å². The van der Waals surface area contributed by atoms with E-state index in [2.05, 4.69) is 48.9 Å². The molecule has 0 saturated heterocycles. The molecule has 3 rings (SSSR count). The number of hydrogen-bond acceptors (Lipinski definition) is 5. The fraction of sp³-hybridized carbons (Fsp3) is 0.435. The Balaban J connectivity index is 1.87. The average molecular weight is 380 g/mol. The molecule has 0 N–H and O–H groups in total. The summed E-state index contributed by atoms with van der Waals surface area (Å²) in [4.78, 5) is 4.60. The Labute approximate surface area is 167 Å². The fourth-order valence-corrected chi connectivity index (χ4v) is 3.28. The van der Waals surface area contributed by atoms with Gasteiger partial charge in [-0.05, 0) is 74.4 Å². The van der Waals surface area contributed by atoms with E-state index in [1.165, 1.54) is 0 Å². The molecule has 0 aliphatic carbocycles. The maximum atomic E-state index is 5.96. The van der Waals surface area contributed by atoms with Crippen molar-refractivity contribution in [3.63, 3.8) is 0 Å². The van der Waals surface area contributed by atoms with Crippen molar-refractivity contribution in [3.05, 3.63) is 46.8 Å². The molecule has 0 spiro atoms. The molecular weight excluding hydrogens is 350 g/mol. The van der Waals surface area contributed by atoms with E-state index < -0.39 is 0 Å². The highest BCUT2D eigenvalue weighted by molar-refractivity contribution is 5.62. The largest absolute Gasteiger partial charge is 0.493 e. The van der Waals surface area contributed by atoms with Crippen LogP contribution in [0.25, 0.3) is 22.9 Å². The zero-order valence-electron chi connectivity index (χ0n) is 17.7. The van der Waals surface area contributed by atoms with Crippen LogP contribution in [0.3, 0.4) is 0 Å². The van der Waals surface area contributed by atoms with Crippen molar-refractivity contribution in [2.75, 3.05) is 6.61 Å². The van der Waals surface area contributed by atoms with Crippen LogP contribution in [0.4, 0.5) is 0 Å². The van der Waals surface area contributed by atoms with Gasteiger partial charge in [0.05, 0.1) is 12.2 Å². The predicted molar refractivity (Wildman–Crippen MR) is 112 cm³/mol. The van der Waals surface area contributed by atoms with Crippen molar-refractivity contribution >= 4 is 0 Å². The molecule has 0 unspecified atom stereocenters. The third kappa shape index (κ3) is 4.41. The van der Waals surface area contributed by atoms with Crippen LogP contribution in [-0.4, -0.2) is 21.8 Å². The van der Waals surface area contributed by atoms with E-state index in [-0.39, 0.29) is 0 Å². The standard InChI is InChI=1S/C23H29N3O2/c1-7-8-27-21-16(5)11-18(12-17(21)6)22-25-26-23(28-22)19-10-15(4)20(24-13-19)9-14(2)3/h10-14H,7-9H2,1-6H3. The summed E-state index contributed by atoms with van der Waals surface area (Å²) in [5.41, 5.74) is 6.15. The zero-order chi connectivity index (χ0) is 20.3. The highest BCUT2D eigenvalue weighted by Gasteiger charge is 2.15. The van der Waals surface area contributed by atoms with Gasteiger partial charge in [-0.2, -0.15) is 0 Å². The van der Waals surface area contributed by atoms with Crippen LogP contribution in [-0.2, 0) is 6.42 Å². The first-order valence-corrected chi connectivity index (χ1v) is 9.92. The van der Waals surface area contributed by atoms with E-state index in [1.54, 1.807) is 0 Å². The molecule has 0 amide bonds. The maximum absolute atomic E-state index is 5.96. The quantitative estimate of drug-likeness (QED) is 0.526. The van der Waals surface area contributed by atoms with Crippen LogP contribution in [0.2, 0.25) is 0 Å². The van der Waals surface area contributed by atoms with Crippen LogP contribution in [0.5, 0.6) is 5.75 Å². The summed E-state index contributed by atoms with van der Waals surface area (Å²) in [7, 11) is 0. The second kappa shape index (κ2) is 8.55. The van der Waals surface area contributed by atoms with Crippen LogP contribution in [0, 0.1) is 26.7 Å². The minimum Gasteiger partial charge on any atom is -0.493 e. The number of pyridine rings is 1. The first kappa shape index (κ1) is 20.1. The number of hydrogen-bond donors (Lipinski definition) is 0. The molecule has 28 heavy (non-hydrogen) atoms. The molecule has 5 nitrogen and oxygen atoms in total. The topological polar surface area (TPSA) is 61.0 Å². The summed E-state index contributed by atoms with van der Waals surface area (Å²) in [5, 5.41) is 8.49. The van der Waals surface area contributed by atoms with Crippen molar-refractivity contribution in [2.24, 2.45) is 5.92 Å². The molecule has 2 aromatic heterocycles. The summed E-state index contributed by atoms with van der Waals surface area (Å²) in [6.07, 6.45) is 3.77. The van der Waals surface area contributed by atoms with E-state index in [1.807, 2.05) is 32.2 Å². The summed E-state index contributed by atoms with van der Waals surface area (Å²) in [6.45, 7) is 13.4. The lowest BCUT2D eigenvalue weighted by atomic mass is 10.0. The highest BCUT2D eigenvalue weighted by atomic mass is 16.5. The minimum atomic E-state index is 0.489. The Kier molecular flexibility index (Phi) is 6.12. The van der Waals surface area contributed by atoms with Crippen LogP contribution < -0.4 is 4.74 Å². The number of benzene rings is 1. The third-order valence-electron chi connectivity index (χ3n) is 4.62. The average Bonchev–Trinajstić information content (AvgIpc) is 3.12. The molecular formula is C23H29N3O2. The Morgan fingerprint density at radius 3 is 2.11 bits per heavy atom. The lowest BCUT2D eigenvalue weighted by Gasteiger charge is -2.12. The van der Waals surface area contributed by atoms with E-state index >= 15 is 0 Å². The number of nitrogens with zero attached hydrogens (tertiary/aromatic N) is 3. The number of aryl methyl sites for hydroxylation is 3. The highest BCUT2D eigenvalue weighted by Crippen LogP contribution is 2.31. The van der Waals surface area contributed by atoms with E-state index in [0.717, 1.165) is 52.1 Å². The Morgan fingerprint density at radius 1 is 0.929 bits per heavy atom. The van der Waals surface area contributed by atoms with Gasteiger partial charge in [0.1, 0.15) is 5.75 Å². The van der Waals surface area contributed by atoms with Crippen LogP contribution >= 0.6 is 0 Å². The maximum Gasteiger partial charge on any atom is 0.249 e. The van der Waals surface area contributed by atoms with Gasteiger partial charge in [0.2, 0.25) is 11.8 Å². The normalized spacial score (nSPS) is 11.2.